The van der Waals surface area contributed by atoms with Crippen molar-refractivity contribution in [1.29, 1.82) is 0 Å². The van der Waals surface area contributed by atoms with Gasteiger partial charge in [-0.2, -0.15) is 0 Å². The van der Waals surface area contributed by atoms with Gasteiger partial charge in [0.25, 0.3) is 0 Å². The fourth-order valence-corrected chi connectivity index (χ4v) is 5.72. The molecule has 37 heavy (non-hydrogen) atoms. The lowest BCUT2D eigenvalue weighted by molar-refractivity contribution is -0.139. The van der Waals surface area contributed by atoms with Gasteiger partial charge in [0.05, 0.1) is 6.04 Å². The van der Waals surface area contributed by atoms with Crippen molar-refractivity contribution in [3.8, 4) is 0 Å². The van der Waals surface area contributed by atoms with E-state index in [0.29, 0.717) is 13.1 Å². The number of fused-ring (bicyclic) bond motifs is 1. The zero-order valence-electron chi connectivity index (χ0n) is 22.4. The first-order chi connectivity index (χ1) is 17.8. The number of benzene rings is 2. The average Bonchev–Trinajstić information content (AvgIpc) is 3.38. The molecule has 0 N–H and O–H groups in total. The second-order valence-electron chi connectivity index (χ2n) is 10.8. The molecule has 0 radical (unpaired) electrons. The summed E-state index contributed by atoms with van der Waals surface area (Å²) in [4.78, 5) is 32.0. The molecule has 0 bridgehead atoms. The Bertz CT molecular complexity index is 1220. The van der Waals surface area contributed by atoms with Crippen molar-refractivity contribution in [1.82, 2.24) is 9.80 Å². The van der Waals surface area contributed by atoms with E-state index in [0.717, 1.165) is 30.4 Å². The second kappa shape index (κ2) is 11.9. The normalized spacial score (nSPS) is 15.6. The van der Waals surface area contributed by atoms with Gasteiger partial charge >= 0.3 is 0 Å². The molecular weight excluding hydrogens is 476 g/mol. The molecule has 3 aromatic rings. The Hall–Kier alpha value is -3.18. The van der Waals surface area contributed by atoms with E-state index in [2.05, 4.69) is 63.4 Å². The summed E-state index contributed by atoms with van der Waals surface area (Å²) in [6.07, 6.45) is 6.10. The van der Waals surface area contributed by atoms with Crippen molar-refractivity contribution in [2.45, 2.75) is 58.4 Å². The molecule has 1 aliphatic heterocycles. The van der Waals surface area contributed by atoms with Crippen molar-refractivity contribution in [2.75, 3.05) is 19.6 Å². The molecule has 1 atom stereocenters. The largest absolute Gasteiger partial charge is 0.330 e. The van der Waals surface area contributed by atoms with Crippen LogP contribution in [0.4, 0.5) is 0 Å². The summed E-state index contributed by atoms with van der Waals surface area (Å²) in [5.74, 6) is -0.121. The summed E-state index contributed by atoms with van der Waals surface area (Å²) in [6.45, 7) is 10.1. The number of rotatable bonds is 8. The molecule has 194 valence electrons. The Morgan fingerprint density at radius 3 is 2.46 bits per heavy atom. The van der Waals surface area contributed by atoms with Crippen LogP contribution in [0.2, 0.25) is 0 Å². The summed E-state index contributed by atoms with van der Waals surface area (Å²) >= 11 is 1.77. The molecule has 2 heterocycles. The lowest BCUT2D eigenvalue weighted by Crippen LogP contribution is -2.46. The molecule has 0 saturated carbocycles. The first-order valence-corrected chi connectivity index (χ1v) is 14.1. The average molecular weight is 515 g/mol. The highest BCUT2D eigenvalue weighted by molar-refractivity contribution is 7.10. The van der Waals surface area contributed by atoms with Crippen molar-refractivity contribution in [2.24, 2.45) is 0 Å². The molecule has 1 aliphatic rings. The Morgan fingerprint density at radius 1 is 1.05 bits per heavy atom. The number of carbonyl (C=O) groups is 2. The summed E-state index contributed by atoms with van der Waals surface area (Å²) in [5, 5.41) is 2.13. The first-order valence-electron chi connectivity index (χ1n) is 13.3. The van der Waals surface area contributed by atoms with Crippen LogP contribution in [-0.2, 0) is 21.4 Å². The topological polar surface area (TPSA) is 40.6 Å². The van der Waals surface area contributed by atoms with E-state index in [1.54, 1.807) is 22.3 Å². The van der Waals surface area contributed by atoms with Crippen LogP contribution >= 0.6 is 11.3 Å². The van der Waals surface area contributed by atoms with Gasteiger partial charge in [-0.25, -0.2) is 0 Å². The predicted octanol–water partition coefficient (Wildman–Crippen LogP) is 6.86. The molecule has 4 nitrogen and oxygen atoms in total. The molecule has 1 aromatic heterocycles. The van der Waals surface area contributed by atoms with Gasteiger partial charge in [-0.15, -0.1) is 11.3 Å². The fraction of sp³-hybridized carbons (Fsp3) is 0.375. The molecule has 1 unspecified atom stereocenters. The number of unbranched alkanes of at least 4 members (excludes halogenated alkanes) is 1. The standard InChI is InChI=1S/C32H38N2O2S/c1-5-6-20-33(29(35)17-12-24-10-8-7-9-11-24)23-30(36)34-21-18-28-27(19-22-37-28)31(34)25-13-15-26(16-14-25)32(2,3)4/h7-17,19,22,31H,5-6,18,20-21,23H2,1-4H3. The predicted molar refractivity (Wildman–Crippen MR) is 154 cm³/mol. The first kappa shape index (κ1) is 26.9. The molecule has 0 saturated heterocycles. The zero-order chi connectivity index (χ0) is 26.4. The van der Waals surface area contributed by atoms with Gasteiger partial charge < -0.3 is 9.80 Å². The van der Waals surface area contributed by atoms with E-state index >= 15 is 0 Å². The molecule has 0 fully saturated rings. The minimum atomic E-state index is -0.125. The van der Waals surface area contributed by atoms with Crippen LogP contribution in [0.1, 0.15) is 73.7 Å². The van der Waals surface area contributed by atoms with Crippen LogP contribution in [0.15, 0.2) is 72.1 Å². The molecular formula is C32H38N2O2S. The molecule has 2 amide bonds. The number of hydrogen-bond donors (Lipinski definition) is 0. The summed E-state index contributed by atoms with van der Waals surface area (Å²) < 4.78 is 0. The molecule has 0 spiro atoms. The number of nitrogens with zero attached hydrogens (tertiary/aromatic N) is 2. The van der Waals surface area contributed by atoms with Gasteiger partial charge in [0, 0.05) is 24.0 Å². The third-order valence-electron chi connectivity index (χ3n) is 7.02. The Balaban J connectivity index is 1.57. The van der Waals surface area contributed by atoms with Crippen molar-refractivity contribution >= 4 is 29.2 Å². The highest BCUT2D eigenvalue weighted by atomic mass is 32.1. The minimum Gasteiger partial charge on any atom is -0.330 e. The number of amides is 2. The third-order valence-corrected chi connectivity index (χ3v) is 8.01. The van der Waals surface area contributed by atoms with E-state index in [9.17, 15) is 9.59 Å². The highest BCUT2D eigenvalue weighted by Gasteiger charge is 2.34. The lowest BCUT2D eigenvalue weighted by atomic mass is 9.85. The van der Waals surface area contributed by atoms with E-state index in [-0.39, 0.29) is 29.8 Å². The SMILES string of the molecule is CCCCN(CC(=O)N1CCc2sccc2C1c1ccc(C(C)(C)C)cc1)C(=O)C=Cc1ccccc1. The molecule has 4 rings (SSSR count). The maximum absolute atomic E-state index is 13.8. The van der Waals surface area contributed by atoms with Crippen LogP contribution in [0, 0.1) is 0 Å². The highest BCUT2D eigenvalue weighted by Crippen LogP contribution is 2.38. The van der Waals surface area contributed by atoms with Crippen molar-refractivity contribution < 1.29 is 9.59 Å². The maximum atomic E-state index is 13.8. The quantitative estimate of drug-likeness (QED) is 0.308. The monoisotopic (exact) mass is 514 g/mol. The minimum absolute atomic E-state index is 0.000637. The van der Waals surface area contributed by atoms with Gasteiger partial charge in [0.15, 0.2) is 0 Å². The van der Waals surface area contributed by atoms with Crippen LogP contribution in [0.5, 0.6) is 0 Å². The number of thiophene rings is 1. The Morgan fingerprint density at radius 2 is 1.78 bits per heavy atom. The van der Waals surface area contributed by atoms with Crippen LogP contribution < -0.4 is 0 Å². The molecule has 0 aliphatic carbocycles. The zero-order valence-corrected chi connectivity index (χ0v) is 23.3. The van der Waals surface area contributed by atoms with Gasteiger partial charge in [-0.3, -0.25) is 9.59 Å². The van der Waals surface area contributed by atoms with Crippen molar-refractivity contribution in [3.63, 3.8) is 0 Å². The van der Waals surface area contributed by atoms with E-state index < -0.39 is 0 Å². The Kier molecular flexibility index (Phi) is 8.65. The maximum Gasteiger partial charge on any atom is 0.247 e. The summed E-state index contributed by atoms with van der Waals surface area (Å²) in [6, 6.07) is 20.5. The molecule has 5 heteroatoms. The lowest BCUT2D eigenvalue weighted by Gasteiger charge is -2.37. The second-order valence-corrected chi connectivity index (χ2v) is 11.8. The van der Waals surface area contributed by atoms with Crippen LogP contribution in [0.3, 0.4) is 0 Å². The number of hydrogen-bond acceptors (Lipinski definition) is 3. The smallest absolute Gasteiger partial charge is 0.247 e. The summed E-state index contributed by atoms with van der Waals surface area (Å²) in [7, 11) is 0. The third kappa shape index (κ3) is 6.58. The number of carbonyl (C=O) groups excluding carboxylic acids is 2. The van der Waals surface area contributed by atoms with Gasteiger partial charge in [-0.05, 0) is 58.0 Å². The van der Waals surface area contributed by atoms with Crippen LogP contribution in [0.25, 0.3) is 6.08 Å². The molecule has 2 aromatic carbocycles. The van der Waals surface area contributed by atoms with Gasteiger partial charge in [0.2, 0.25) is 11.8 Å². The Labute approximate surface area is 225 Å². The van der Waals surface area contributed by atoms with E-state index in [1.165, 1.54) is 16.0 Å². The van der Waals surface area contributed by atoms with E-state index in [4.69, 9.17) is 0 Å². The van der Waals surface area contributed by atoms with Crippen molar-refractivity contribution in [3.05, 3.63) is 99.3 Å². The van der Waals surface area contributed by atoms with Gasteiger partial charge in [-0.1, -0.05) is 88.7 Å². The summed E-state index contributed by atoms with van der Waals surface area (Å²) in [5.41, 5.74) is 4.65. The van der Waals surface area contributed by atoms with E-state index in [1.807, 2.05) is 41.3 Å². The van der Waals surface area contributed by atoms with Gasteiger partial charge in [0.1, 0.15) is 6.54 Å². The van der Waals surface area contributed by atoms with Crippen LogP contribution in [-0.4, -0.2) is 41.2 Å². The fourth-order valence-electron chi connectivity index (χ4n) is 4.82.